The number of rotatable bonds is 5. The number of imidazole rings is 1. The summed E-state index contributed by atoms with van der Waals surface area (Å²) in [5, 5.41) is 3.45. The van der Waals surface area contributed by atoms with Crippen molar-refractivity contribution in [3.05, 3.63) is 54.1 Å². The highest BCUT2D eigenvalue weighted by atomic mass is 16.5. The topological polar surface area (TPSA) is 39.1 Å². The molecule has 0 fully saturated rings. The van der Waals surface area contributed by atoms with Crippen molar-refractivity contribution in [3.8, 4) is 5.75 Å². The first-order chi connectivity index (χ1) is 10.7. The molecular weight excluding hydrogens is 274 g/mol. The fourth-order valence-electron chi connectivity index (χ4n) is 2.72. The van der Waals surface area contributed by atoms with Gasteiger partial charge in [0.1, 0.15) is 5.75 Å². The van der Waals surface area contributed by atoms with Crippen LogP contribution in [0.2, 0.25) is 0 Å². The maximum absolute atomic E-state index is 5.40. The number of methoxy groups -OCH3 is 1. The van der Waals surface area contributed by atoms with Crippen LogP contribution in [0.1, 0.15) is 25.5 Å². The Bertz CT molecular complexity index is 777. The minimum absolute atomic E-state index is 0.340. The predicted molar refractivity (Wildman–Crippen MR) is 90.4 cm³/mol. The van der Waals surface area contributed by atoms with Crippen molar-refractivity contribution in [1.29, 1.82) is 0 Å². The van der Waals surface area contributed by atoms with Gasteiger partial charge in [-0.1, -0.05) is 30.3 Å². The van der Waals surface area contributed by atoms with E-state index >= 15 is 0 Å². The molecule has 3 rings (SSSR count). The summed E-state index contributed by atoms with van der Waals surface area (Å²) in [6.45, 7) is 5.02. The molecule has 0 saturated carbocycles. The first-order valence-electron chi connectivity index (χ1n) is 7.53. The van der Waals surface area contributed by atoms with Gasteiger partial charge in [-0.2, -0.15) is 0 Å². The molecule has 0 saturated heterocycles. The summed E-state index contributed by atoms with van der Waals surface area (Å²) in [6, 6.07) is 16.6. The third-order valence-electron chi connectivity index (χ3n) is 3.74. The molecule has 1 aromatic heterocycles. The molecular formula is C18H21N3O. The zero-order chi connectivity index (χ0) is 15.5. The Morgan fingerprint density at radius 3 is 2.59 bits per heavy atom. The number of ether oxygens (including phenoxy) is 1. The maximum atomic E-state index is 5.40. The number of benzene rings is 2. The number of hydrogen-bond donors (Lipinski definition) is 1. The van der Waals surface area contributed by atoms with Crippen molar-refractivity contribution in [2.24, 2.45) is 0 Å². The van der Waals surface area contributed by atoms with Gasteiger partial charge in [0.05, 0.1) is 18.1 Å². The van der Waals surface area contributed by atoms with Gasteiger partial charge in [-0.15, -0.1) is 0 Å². The third kappa shape index (κ3) is 2.64. The molecule has 4 nitrogen and oxygen atoms in total. The molecule has 4 heteroatoms. The summed E-state index contributed by atoms with van der Waals surface area (Å²) in [7, 11) is 1.70. The number of hydrogen-bond acceptors (Lipinski definition) is 3. The summed E-state index contributed by atoms with van der Waals surface area (Å²) < 4.78 is 7.63. The van der Waals surface area contributed by atoms with Crippen LogP contribution in [-0.2, 0) is 6.54 Å². The lowest BCUT2D eigenvalue weighted by Gasteiger charge is -2.15. The molecule has 0 bridgehead atoms. The van der Waals surface area contributed by atoms with Crippen LogP contribution in [0, 0.1) is 0 Å². The Kier molecular flexibility index (Phi) is 4.00. The second-order valence-electron chi connectivity index (χ2n) is 5.55. The normalized spacial score (nSPS) is 11.1. The van der Waals surface area contributed by atoms with Gasteiger partial charge in [-0.3, -0.25) is 0 Å². The van der Waals surface area contributed by atoms with E-state index in [-0.39, 0.29) is 0 Å². The highest BCUT2D eigenvalue weighted by molar-refractivity contribution is 5.78. The lowest BCUT2D eigenvalue weighted by Crippen LogP contribution is -2.10. The molecule has 0 atom stereocenters. The van der Waals surface area contributed by atoms with Crippen LogP contribution in [0.25, 0.3) is 11.0 Å². The van der Waals surface area contributed by atoms with Crippen LogP contribution in [0.4, 0.5) is 5.95 Å². The Morgan fingerprint density at radius 2 is 1.82 bits per heavy atom. The summed E-state index contributed by atoms with van der Waals surface area (Å²) in [4.78, 5) is 4.72. The second-order valence-corrected chi connectivity index (χ2v) is 5.55. The largest absolute Gasteiger partial charge is 0.496 e. The first kappa shape index (κ1) is 14.4. The highest BCUT2D eigenvalue weighted by Gasteiger charge is 2.13. The van der Waals surface area contributed by atoms with Gasteiger partial charge < -0.3 is 14.6 Å². The Labute approximate surface area is 130 Å². The minimum Gasteiger partial charge on any atom is -0.496 e. The van der Waals surface area contributed by atoms with Crippen molar-refractivity contribution in [2.75, 3.05) is 12.4 Å². The van der Waals surface area contributed by atoms with E-state index in [4.69, 9.17) is 9.72 Å². The molecule has 114 valence electrons. The molecule has 0 spiro atoms. The molecule has 1 N–H and O–H groups in total. The van der Waals surface area contributed by atoms with Gasteiger partial charge in [0.2, 0.25) is 5.95 Å². The third-order valence-corrected chi connectivity index (χ3v) is 3.74. The van der Waals surface area contributed by atoms with Crippen molar-refractivity contribution in [3.63, 3.8) is 0 Å². The molecule has 0 unspecified atom stereocenters. The molecule has 0 radical (unpaired) electrons. The monoisotopic (exact) mass is 295 g/mol. The summed E-state index contributed by atoms with van der Waals surface area (Å²) in [5.74, 6) is 1.78. The van der Waals surface area contributed by atoms with E-state index in [1.54, 1.807) is 7.11 Å². The van der Waals surface area contributed by atoms with Crippen LogP contribution in [0.5, 0.6) is 5.75 Å². The molecule has 1 heterocycles. The lowest BCUT2D eigenvalue weighted by molar-refractivity contribution is 0.410. The van der Waals surface area contributed by atoms with Gasteiger partial charge in [0, 0.05) is 18.2 Å². The highest BCUT2D eigenvalue weighted by Crippen LogP contribution is 2.25. The predicted octanol–water partition coefficient (Wildman–Crippen LogP) is 4.24. The molecule has 0 aliphatic carbocycles. The average molecular weight is 295 g/mol. The van der Waals surface area contributed by atoms with Crippen molar-refractivity contribution < 1.29 is 4.74 Å². The van der Waals surface area contributed by atoms with Crippen molar-refractivity contribution in [1.82, 2.24) is 9.55 Å². The molecule has 0 amide bonds. The fourth-order valence-corrected chi connectivity index (χ4v) is 2.72. The second kappa shape index (κ2) is 6.10. The first-order valence-corrected chi connectivity index (χ1v) is 7.53. The van der Waals surface area contributed by atoms with E-state index in [0.29, 0.717) is 12.6 Å². The van der Waals surface area contributed by atoms with E-state index in [9.17, 15) is 0 Å². The van der Waals surface area contributed by atoms with Gasteiger partial charge in [-0.05, 0) is 32.0 Å². The van der Waals surface area contributed by atoms with Crippen LogP contribution in [0.15, 0.2) is 48.5 Å². The standard InChI is InChI=1S/C18H21N3O/c1-13(2)21-16-10-6-5-9-15(16)20-18(21)19-12-14-8-4-7-11-17(14)22-3/h4-11,13H,12H2,1-3H3,(H,19,20). The van der Waals surface area contributed by atoms with Crippen LogP contribution >= 0.6 is 0 Å². The van der Waals surface area contributed by atoms with Crippen LogP contribution < -0.4 is 10.1 Å². The Hall–Kier alpha value is -2.49. The number of anilines is 1. The summed E-state index contributed by atoms with van der Waals surface area (Å²) in [6.07, 6.45) is 0. The minimum atomic E-state index is 0.340. The number of nitrogens with one attached hydrogen (secondary N) is 1. The van der Waals surface area contributed by atoms with Gasteiger partial charge >= 0.3 is 0 Å². The molecule has 22 heavy (non-hydrogen) atoms. The lowest BCUT2D eigenvalue weighted by atomic mass is 10.2. The number of fused-ring (bicyclic) bond motifs is 1. The zero-order valence-electron chi connectivity index (χ0n) is 13.2. The SMILES string of the molecule is COc1ccccc1CNc1nc2ccccc2n1C(C)C. The van der Waals surface area contributed by atoms with E-state index in [1.165, 1.54) is 0 Å². The number of aromatic nitrogens is 2. The maximum Gasteiger partial charge on any atom is 0.204 e. The van der Waals surface area contributed by atoms with Gasteiger partial charge in [0.15, 0.2) is 0 Å². The summed E-state index contributed by atoms with van der Waals surface area (Å²) in [5.41, 5.74) is 3.28. The van der Waals surface area contributed by atoms with Gasteiger partial charge in [-0.25, -0.2) is 4.98 Å². The quantitative estimate of drug-likeness (QED) is 0.765. The zero-order valence-corrected chi connectivity index (χ0v) is 13.2. The Balaban J connectivity index is 1.92. The average Bonchev–Trinajstić information content (AvgIpc) is 2.91. The molecule has 2 aromatic carbocycles. The molecule has 0 aliphatic rings. The van der Waals surface area contributed by atoms with E-state index in [0.717, 1.165) is 28.3 Å². The fraction of sp³-hybridized carbons (Fsp3) is 0.278. The van der Waals surface area contributed by atoms with Crippen LogP contribution in [-0.4, -0.2) is 16.7 Å². The van der Waals surface area contributed by atoms with Gasteiger partial charge in [0.25, 0.3) is 0 Å². The number of nitrogens with zero attached hydrogens (tertiary/aromatic N) is 2. The van der Waals surface area contributed by atoms with Crippen molar-refractivity contribution >= 4 is 17.0 Å². The smallest absolute Gasteiger partial charge is 0.204 e. The van der Waals surface area contributed by atoms with E-state index in [2.05, 4.69) is 35.9 Å². The summed E-state index contributed by atoms with van der Waals surface area (Å²) >= 11 is 0. The van der Waals surface area contributed by atoms with Crippen molar-refractivity contribution in [2.45, 2.75) is 26.4 Å². The molecule has 3 aromatic rings. The van der Waals surface area contributed by atoms with E-state index < -0.39 is 0 Å². The van der Waals surface area contributed by atoms with Crippen LogP contribution in [0.3, 0.4) is 0 Å². The molecule has 0 aliphatic heterocycles. The Morgan fingerprint density at radius 1 is 1.09 bits per heavy atom. The van der Waals surface area contributed by atoms with E-state index in [1.807, 2.05) is 36.4 Å². The number of para-hydroxylation sites is 3.